The van der Waals surface area contributed by atoms with Crippen molar-refractivity contribution in [2.75, 3.05) is 26.3 Å². The number of carbonyl (C=O) groups excluding carboxylic acids is 1. The van der Waals surface area contributed by atoms with Gasteiger partial charge < -0.3 is 9.64 Å². The number of benzene rings is 1. The van der Waals surface area contributed by atoms with Crippen molar-refractivity contribution >= 4 is 5.91 Å². The summed E-state index contributed by atoms with van der Waals surface area (Å²) < 4.78 is 31.2. The van der Waals surface area contributed by atoms with Crippen LogP contribution < -0.4 is 0 Å². The minimum Gasteiger partial charge on any atom is -0.378 e. The highest BCUT2D eigenvalue weighted by Gasteiger charge is 2.21. The Bertz CT molecular complexity index is 442. The van der Waals surface area contributed by atoms with E-state index in [2.05, 4.69) is 0 Å². The first kappa shape index (κ1) is 12.0. The number of ether oxygens (including phenoxy) is 1. The van der Waals surface area contributed by atoms with Crippen molar-refractivity contribution in [2.24, 2.45) is 0 Å². The largest absolute Gasteiger partial charge is 0.378 e. The number of carbonyl (C=O) groups is 1. The molecule has 2 rings (SSSR count). The molecule has 0 unspecified atom stereocenters. The van der Waals surface area contributed by atoms with Gasteiger partial charge in [0.15, 0.2) is 11.6 Å². The zero-order chi connectivity index (χ0) is 12.4. The predicted molar refractivity (Wildman–Crippen MR) is 57.8 cm³/mol. The molecule has 1 saturated heterocycles. The van der Waals surface area contributed by atoms with Gasteiger partial charge in [-0.15, -0.1) is 0 Å². The molecule has 1 aromatic rings. The SMILES string of the molecule is Cc1cc(F)c(F)cc1C(=O)N1CCOCC1. The van der Waals surface area contributed by atoms with Gasteiger partial charge in [-0.25, -0.2) is 8.78 Å². The number of nitrogens with zero attached hydrogens (tertiary/aromatic N) is 1. The van der Waals surface area contributed by atoms with Crippen molar-refractivity contribution in [3.63, 3.8) is 0 Å². The molecule has 1 heterocycles. The van der Waals surface area contributed by atoms with E-state index in [1.54, 1.807) is 11.8 Å². The third kappa shape index (κ3) is 2.44. The standard InChI is InChI=1S/C12H13F2NO2/c1-8-6-10(13)11(14)7-9(8)12(16)15-2-4-17-5-3-15/h6-7H,2-5H2,1H3. The molecule has 5 heteroatoms. The van der Waals surface area contributed by atoms with Crippen LogP contribution in [0.2, 0.25) is 0 Å². The molecule has 1 fully saturated rings. The number of aryl methyl sites for hydroxylation is 1. The van der Waals surface area contributed by atoms with E-state index < -0.39 is 11.6 Å². The Morgan fingerprint density at radius 3 is 2.47 bits per heavy atom. The lowest BCUT2D eigenvalue weighted by Crippen LogP contribution is -2.41. The van der Waals surface area contributed by atoms with Crippen molar-refractivity contribution < 1.29 is 18.3 Å². The quantitative estimate of drug-likeness (QED) is 0.749. The molecule has 0 atom stereocenters. The van der Waals surface area contributed by atoms with E-state index >= 15 is 0 Å². The molecule has 0 aliphatic carbocycles. The van der Waals surface area contributed by atoms with Gasteiger partial charge in [-0.2, -0.15) is 0 Å². The molecule has 1 amide bonds. The van der Waals surface area contributed by atoms with E-state index in [0.29, 0.717) is 31.9 Å². The molecule has 0 spiro atoms. The lowest BCUT2D eigenvalue weighted by Gasteiger charge is -2.27. The molecule has 0 bridgehead atoms. The van der Waals surface area contributed by atoms with Crippen LogP contribution >= 0.6 is 0 Å². The zero-order valence-electron chi connectivity index (χ0n) is 9.50. The lowest BCUT2D eigenvalue weighted by atomic mass is 10.1. The van der Waals surface area contributed by atoms with E-state index in [0.717, 1.165) is 12.1 Å². The van der Waals surface area contributed by atoms with Gasteiger partial charge in [0.1, 0.15) is 0 Å². The van der Waals surface area contributed by atoms with Crippen LogP contribution in [0.15, 0.2) is 12.1 Å². The summed E-state index contributed by atoms with van der Waals surface area (Å²) in [5.41, 5.74) is 0.659. The van der Waals surface area contributed by atoms with Crippen molar-refractivity contribution in [3.05, 3.63) is 34.9 Å². The van der Waals surface area contributed by atoms with Gasteiger partial charge >= 0.3 is 0 Å². The first-order valence-electron chi connectivity index (χ1n) is 5.42. The second kappa shape index (κ2) is 4.79. The molecular formula is C12H13F2NO2. The Kier molecular flexibility index (Phi) is 3.38. The first-order valence-corrected chi connectivity index (χ1v) is 5.42. The van der Waals surface area contributed by atoms with Crippen LogP contribution in [0.1, 0.15) is 15.9 Å². The summed E-state index contributed by atoms with van der Waals surface area (Å²) in [4.78, 5) is 13.7. The Balaban J connectivity index is 2.26. The fraction of sp³-hybridized carbons (Fsp3) is 0.417. The van der Waals surface area contributed by atoms with Crippen molar-refractivity contribution in [1.29, 1.82) is 0 Å². The second-order valence-corrected chi connectivity index (χ2v) is 3.99. The Labute approximate surface area is 98.0 Å². The van der Waals surface area contributed by atoms with Gasteiger partial charge in [0.05, 0.1) is 13.2 Å². The predicted octanol–water partition coefficient (Wildman–Crippen LogP) is 1.75. The molecule has 0 saturated carbocycles. The number of halogens is 2. The highest BCUT2D eigenvalue weighted by molar-refractivity contribution is 5.95. The highest BCUT2D eigenvalue weighted by Crippen LogP contribution is 2.16. The minimum absolute atomic E-state index is 0.214. The summed E-state index contributed by atoms with van der Waals surface area (Å²) in [5, 5.41) is 0. The van der Waals surface area contributed by atoms with E-state index in [1.807, 2.05) is 0 Å². The minimum atomic E-state index is -0.993. The molecule has 0 aromatic heterocycles. The van der Waals surface area contributed by atoms with Crippen LogP contribution in [0, 0.1) is 18.6 Å². The Morgan fingerprint density at radius 2 is 1.82 bits per heavy atom. The van der Waals surface area contributed by atoms with Crippen molar-refractivity contribution in [2.45, 2.75) is 6.92 Å². The van der Waals surface area contributed by atoms with Gasteiger partial charge in [0.25, 0.3) is 5.91 Å². The third-order valence-corrected chi connectivity index (χ3v) is 2.80. The highest BCUT2D eigenvalue weighted by atomic mass is 19.2. The monoisotopic (exact) mass is 241 g/mol. The van der Waals surface area contributed by atoms with Crippen LogP contribution in [0.5, 0.6) is 0 Å². The lowest BCUT2D eigenvalue weighted by molar-refractivity contribution is 0.0302. The van der Waals surface area contributed by atoms with Crippen LogP contribution in [-0.2, 0) is 4.74 Å². The number of morpholine rings is 1. The first-order chi connectivity index (χ1) is 8.09. The summed E-state index contributed by atoms with van der Waals surface area (Å²) in [6.45, 7) is 3.52. The molecule has 3 nitrogen and oxygen atoms in total. The smallest absolute Gasteiger partial charge is 0.254 e. The fourth-order valence-corrected chi connectivity index (χ4v) is 1.81. The average molecular weight is 241 g/mol. The normalized spacial score (nSPS) is 16.1. The molecule has 1 aliphatic heterocycles. The molecule has 0 N–H and O–H groups in total. The molecule has 92 valence electrons. The fourth-order valence-electron chi connectivity index (χ4n) is 1.81. The number of rotatable bonds is 1. The molecule has 17 heavy (non-hydrogen) atoms. The van der Waals surface area contributed by atoms with Crippen molar-refractivity contribution in [3.8, 4) is 0 Å². The molecule has 0 radical (unpaired) electrons. The van der Waals surface area contributed by atoms with Crippen LogP contribution in [0.25, 0.3) is 0 Å². The second-order valence-electron chi connectivity index (χ2n) is 3.99. The summed E-state index contributed by atoms with van der Waals surface area (Å²) in [6.07, 6.45) is 0. The van der Waals surface area contributed by atoms with Crippen molar-refractivity contribution in [1.82, 2.24) is 4.90 Å². The van der Waals surface area contributed by atoms with Gasteiger partial charge in [-0.05, 0) is 24.6 Å². The van der Waals surface area contributed by atoms with E-state index in [9.17, 15) is 13.6 Å². The van der Waals surface area contributed by atoms with E-state index in [4.69, 9.17) is 4.74 Å². The number of hydrogen-bond acceptors (Lipinski definition) is 2. The molecule has 1 aromatic carbocycles. The summed E-state index contributed by atoms with van der Waals surface area (Å²) in [6, 6.07) is 2.01. The molecule has 1 aliphatic rings. The van der Waals surface area contributed by atoms with Gasteiger partial charge in [-0.3, -0.25) is 4.79 Å². The van der Waals surface area contributed by atoms with Gasteiger partial charge in [0.2, 0.25) is 0 Å². The van der Waals surface area contributed by atoms with E-state index in [1.165, 1.54) is 0 Å². The van der Waals surface area contributed by atoms with E-state index in [-0.39, 0.29) is 11.5 Å². The maximum atomic E-state index is 13.1. The summed E-state index contributed by atoms with van der Waals surface area (Å²) in [5.74, 6) is -2.20. The Morgan fingerprint density at radius 1 is 1.24 bits per heavy atom. The summed E-state index contributed by atoms with van der Waals surface area (Å²) >= 11 is 0. The summed E-state index contributed by atoms with van der Waals surface area (Å²) in [7, 11) is 0. The number of amides is 1. The number of hydrogen-bond donors (Lipinski definition) is 0. The van der Waals surface area contributed by atoms with Crippen LogP contribution in [-0.4, -0.2) is 37.1 Å². The van der Waals surface area contributed by atoms with Gasteiger partial charge in [-0.1, -0.05) is 0 Å². The zero-order valence-corrected chi connectivity index (χ0v) is 9.50. The van der Waals surface area contributed by atoms with Gasteiger partial charge in [0, 0.05) is 18.7 Å². The van der Waals surface area contributed by atoms with Crippen LogP contribution in [0.3, 0.4) is 0 Å². The Hall–Kier alpha value is -1.49. The van der Waals surface area contributed by atoms with Crippen LogP contribution in [0.4, 0.5) is 8.78 Å². The maximum Gasteiger partial charge on any atom is 0.254 e. The maximum absolute atomic E-state index is 13.1. The average Bonchev–Trinajstić information content (AvgIpc) is 2.34. The molecular weight excluding hydrogens is 228 g/mol. The third-order valence-electron chi connectivity index (χ3n) is 2.80. The topological polar surface area (TPSA) is 29.5 Å².